The highest BCUT2D eigenvalue weighted by Gasteiger charge is 2.21. The Morgan fingerprint density at radius 3 is 2.17 bits per heavy atom. The van der Waals surface area contributed by atoms with Crippen molar-refractivity contribution < 1.29 is 13.5 Å². The van der Waals surface area contributed by atoms with E-state index in [9.17, 15) is 18.8 Å². The molecule has 36 heavy (non-hydrogen) atoms. The number of nitrogens with zero attached hydrogens (tertiary/aromatic N) is 2. The summed E-state index contributed by atoms with van der Waals surface area (Å²) in [6.45, 7) is 0. The molecule has 0 saturated carbocycles. The molecular formula is C28H23ClN2O3S2. The summed E-state index contributed by atoms with van der Waals surface area (Å²) in [5.74, 6) is -0.502. The summed E-state index contributed by atoms with van der Waals surface area (Å²) in [5, 5.41) is 21.5. The summed E-state index contributed by atoms with van der Waals surface area (Å²) in [6.07, 6.45) is -1.12. The van der Waals surface area contributed by atoms with Crippen molar-refractivity contribution in [2.45, 2.75) is 16.9 Å². The monoisotopic (exact) mass is 534 g/mol. The molecule has 4 rings (SSSR count). The van der Waals surface area contributed by atoms with Crippen molar-refractivity contribution in [2.24, 2.45) is 0 Å². The third-order valence-corrected chi connectivity index (χ3v) is 8.45. The molecule has 1 unspecified atom stereocenters. The average Bonchev–Trinajstić information content (AvgIpc) is 2.89. The van der Waals surface area contributed by atoms with E-state index in [1.54, 1.807) is 24.3 Å². The smallest absolute Gasteiger partial charge is 0.157 e. The molecule has 1 N–H and O–H groups in total. The predicted octanol–water partition coefficient (Wildman–Crippen LogP) is 6.01. The van der Waals surface area contributed by atoms with Crippen LogP contribution in [0, 0.1) is 11.3 Å². The Morgan fingerprint density at radius 1 is 0.944 bits per heavy atom. The van der Waals surface area contributed by atoms with Gasteiger partial charge in [-0.15, -0.1) is 11.8 Å². The van der Waals surface area contributed by atoms with E-state index in [-0.39, 0.29) is 11.5 Å². The number of hydrogen-bond acceptors (Lipinski definition) is 6. The second-order valence-corrected chi connectivity index (χ2v) is 11.8. The summed E-state index contributed by atoms with van der Waals surface area (Å²) in [6, 6.07) is 29.9. The van der Waals surface area contributed by atoms with E-state index in [0.29, 0.717) is 26.9 Å². The Balaban J connectivity index is 1.57. The minimum Gasteiger partial charge on any atom is -0.391 e. The van der Waals surface area contributed by atoms with Gasteiger partial charge in [0.25, 0.3) is 0 Å². The van der Waals surface area contributed by atoms with Gasteiger partial charge in [-0.2, -0.15) is 5.26 Å². The summed E-state index contributed by atoms with van der Waals surface area (Å²) >= 11 is 7.05. The maximum Gasteiger partial charge on any atom is 0.157 e. The van der Waals surface area contributed by atoms with Gasteiger partial charge in [-0.3, -0.25) is 0 Å². The van der Waals surface area contributed by atoms with E-state index in [0.717, 1.165) is 16.7 Å². The molecule has 0 amide bonds. The van der Waals surface area contributed by atoms with Gasteiger partial charge in [0.05, 0.1) is 28.9 Å². The highest BCUT2D eigenvalue weighted by atomic mass is 35.5. The standard InChI is InChI=1S/C28H23ClN2O3S2/c29-23-13-11-20(12-14-23)18-36(33,34)19-24(32)17-35-28-26(16-30)25(21-7-3-1-4-8-21)15-27(31-28)22-9-5-2-6-10-22/h1-15,24,32H,17-19H2. The highest BCUT2D eigenvalue weighted by Crippen LogP contribution is 2.34. The van der Waals surface area contributed by atoms with Crippen LogP contribution in [0.3, 0.4) is 0 Å². The van der Waals surface area contributed by atoms with Gasteiger partial charge in [-0.25, -0.2) is 13.4 Å². The van der Waals surface area contributed by atoms with Gasteiger partial charge >= 0.3 is 0 Å². The Morgan fingerprint density at radius 2 is 1.56 bits per heavy atom. The fraction of sp³-hybridized carbons (Fsp3) is 0.143. The molecule has 4 aromatic rings. The number of aliphatic hydroxyl groups excluding tert-OH is 1. The number of rotatable bonds is 9. The summed E-state index contributed by atoms with van der Waals surface area (Å²) in [4.78, 5) is 4.71. The van der Waals surface area contributed by atoms with Gasteiger partial charge in [0.2, 0.25) is 0 Å². The minimum atomic E-state index is -3.56. The fourth-order valence-electron chi connectivity index (χ4n) is 3.75. The zero-order chi connectivity index (χ0) is 25.5. The van der Waals surface area contributed by atoms with E-state index in [4.69, 9.17) is 16.6 Å². The van der Waals surface area contributed by atoms with E-state index in [1.807, 2.05) is 66.7 Å². The van der Waals surface area contributed by atoms with Crippen LogP contribution in [-0.4, -0.2) is 36.1 Å². The quantitative estimate of drug-likeness (QED) is 0.264. The predicted molar refractivity (Wildman–Crippen MR) is 145 cm³/mol. The number of aliphatic hydroxyl groups is 1. The molecule has 5 nitrogen and oxygen atoms in total. The van der Waals surface area contributed by atoms with Crippen LogP contribution in [0.15, 0.2) is 96.0 Å². The zero-order valence-electron chi connectivity index (χ0n) is 19.2. The van der Waals surface area contributed by atoms with Crippen LogP contribution >= 0.6 is 23.4 Å². The number of sulfone groups is 1. The molecule has 0 saturated heterocycles. The first kappa shape index (κ1) is 25.9. The fourth-order valence-corrected chi connectivity index (χ4v) is 6.47. The maximum absolute atomic E-state index is 12.6. The third kappa shape index (κ3) is 6.74. The first-order chi connectivity index (χ1) is 17.3. The third-order valence-electron chi connectivity index (χ3n) is 5.41. The van der Waals surface area contributed by atoms with Crippen LogP contribution < -0.4 is 0 Å². The number of benzene rings is 3. The zero-order valence-corrected chi connectivity index (χ0v) is 21.6. The Bertz CT molecular complexity index is 1470. The second-order valence-electron chi connectivity index (χ2n) is 8.22. The molecule has 0 fully saturated rings. The lowest BCUT2D eigenvalue weighted by Crippen LogP contribution is -2.24. The van der Waals surface area contributed by atoms with E-state index in [1.165, 1.54) is 11.8 Å². The minimum absolute atomic E-state index is 0.0774. The molecule has 0 bridgehead atoms. The summed E-state index contributed by atoms with van der Waals surface area (Å²) in [5.41, 5.74) is 4.20. The SMILES string of the molecule is N#Cc1c(-c2ccccc2)cc(-c2ccccc2)nc1SCC(O)CS(=O)(=O)Cc1ccc(Cl)cc1. The lowest BCUT2D eigenvalue weighted by Gasteiger charge is -2.15. The van der Waals surface area contributed by atoms with Gasteiger partial charge in [0.15, 0.2) is 9.84 Å². The molecule has 182 valence electrons. The maximum atomic E-state index is 12.6. The highest BCUT2D eigenvalue weighted by molar-refractivity contribution is 7.99. The number of pyridine rings is 1. The van der Waals surface area contributed by atoms with Crippen molar-refractivity contribution in [3.63, 3.8) is 0 Å². The number of halogens is 1. The van der Waals surface area contributed by atoms with Crippen LogP contribution in [0.5, 0.6) is 0 Å². The first-order valence-electron chi connectivity index (χ1n) is 11.2. The van der Waals surface area contributed by atoms with Crippen LogP contribution in [0.2, 0.25) is 5.02 Å². The molecule has 1 atom stereocenters. The lowest BCUT2D eigenvalue weighted by molar-refractivity contribution is 0.222. The van der Waals surface area contributed by atoms with Crippen LogP contribution in [0.25, 0.3) is 22.4 Å². The lowest BCUT2D eigenvalue weighted by atomic mass is 9.99. The Hall–Kier alpha value is -3.15. The van der Waals surface area contributed by atoms with Crippen molar-refractivity contribution in [2.75, 3.05) is 11.5 Å². The van der Waals surface area contributed by atoms with Crippen LogP contribution in [-0.2, 0) is 15.6 Å². The van der Waals surface area contributed by atoms with Crippen molar-refractivity contribution in [3.8, 4) is 28.5 Å². The van der Waals surface area contributed by atoms with Crippen LogP contribution in [0.1, 0.15) is 11.1 Å². The molecule has 1 aromatic heterocycles. The van der Waals surface area contributed by atoms with Crippen molar-refractivity contribution in [3.05, 3.63) is 107 Å². The van der Waals surface area contributed by atoms with Gasteiger partial charge in [0, 0.05) is 21.9 Å². The average molecular weight is 535 g/mol. The molecule has 0 spiro atoms. The molecule has 8 heteroatoms. The Kier molecular flexibility index (Phi) is 8.44. The number of aromatic nitrogens is 1. The molecule has 1 heterocycles. The van der Waals surface area contributed by atoms with Crippen molar-refractivity contribution in [1.82, 2.24) is 4.98 Å². The molecule has 0 aliphatic carbocycles. The number of hydrogen-bond donors (Lipinski definition) is 1. The topological polar surface area (TPSA) is 91.0 Å². The van der Waals surface area contributed by atoms with Crippen LogP contribution in [0.4, 0.5) is 0 Å². The number of nitriles is 1. The van der Waals surface area contributed by atoms with E-state index < -0.39 is 21.7 Å². The van der Waals surface area contributed by atoms with E-state index >= 15 is 0 Å². The van der Waals surface area contributed by atoms with Gasteiger partial charge in [-0.1, -0.05) is 84.4 Å². The molecule has 0 radical (unpaired) electrons. The first-order valence-corrected chi connectivity index (χ1v) is 14.3. The van der Waals surface area contributed by atoms with Gasteiger partial charge in [-0.05, 0) is 29.3 Å². The van der Waals surface area contributed by atoms with Gasteiger partial charge < -0.3 is 5.11 Å². The van der Waals surface area contributed by atoms with E-state index in [2.05, 4.69) is 6.07 Å². The Labute approximate surface area is 220 Å². The van der Waals surface area contributed by atoms with Crippen molar-refractivity contribution >= 4 is 33.2 Å². The molecular weight excluding hydrogens is 512 g/mol. The van der Waals surface area contributed by atoms with Crippen molar-refractivity contribution in [1.29, 1.82) is 5.26 Å². The summed E-state index contributed by atoms with van der Waals surface area (Å²) in [7, 11) is -3.56. The second kappa shape index (κ2) is 11.7. The normalized spacial score (nSPS) is 12.1. The van der Waals surface area contributed by atoms with Gasteiger partial charge in [0.1, 0.15) is 11.1 Å². The molecule has 0 aliphatic rings. The number of thioether (sulfide) groups is 1. The summed E-state index contributed by atoms with van der Waals surface area (Å²) < 4.78 is 25.3. The molecule has 0 aliphatic heterocycles. The largest absolute Gasteiger partial charge is 0.391 e. The molecule has 3 aromatic carbocycles.